The van der Waals surface area contributed by atoms with Crippen LogP contribution in [0.15, 0.2) is 24.5 Å². The van der Waals surface area contributed by atoms with Crippen molar-refractivity contribution < 1.29 is 13.2 Å². The lowest BCUT2D eigenvalue weighted by Gasteiger charge is -2.34. The van der Waals surface area contributed by atoms with E-state index in [4.69, 9.17) is 5.73 Å². The molecule has 2 unspecified atom stereocenters. The second-order valence-electron chi connectivity index (χ2n) is 4.27. The van der Waals surface area contributed by atoms with Crippen molar-refractivity contribution in [2.75, 3.05) is 13.1 Å². The highest BCUT2D eigenvalue weighted by Crippen LogP contribution is 2.27. The molecular weight excluding hydrogens is 243 g/mol. The van der Waals surface area contributed by atoms with Gasteiger partial charge in [-0.2, -0.15) is 13.2 Å². The van der Waals surface area contributed by atoms with Crippen LogP contribution in [-0.2, 0) is 0 Å². The first-order valence-corrected chi connectivity index (χ1v) is 5.81. The molecule has 0 saturated heterocycles. The summed E-state index contributed by atoms with van der Waals surface area (Å²) >= 11 is 0. The van der Waals surface area contributed by atoms with Crippen LogP contribution >= 0.6 is 0 Å². The third-order valence-corrected chi connectivity index (χ3v) is 2.71. The largest absolute Gasteiger partial charge is 0.401 e. The zero-order chi connectivity index (χ0) is 13.8. The fourth-order valence-corrected chi connectivity index (χ4v) is 2.03. The Kier molecular flexibility index (Phi) is 5.10. The smallest absolute Gasteiger partial charge is 0.326 e. The van der Waals surface area contributed by atoms with Gasteiger partial charge in [0, 0.05) is 18.4 Å². The minimum Gasteiger partial charge on any atom is -0.326 e. The average Bonchev–Trinajstić information content (AvgIpc) is 2.27. The molecule has 0 radical (unpaired) electrons. The Balaban J connectivity index is 2.96. The number of likely N-dealkylation sites (N-methyl/N-ethyl adjacent to an activating group) is 1. The van der Waals surface area contributed by atoms with E-state index in [0.717, 1.165) is 0 Å². The summed E-state index contributed by atoms with van der Waals surface area (Å²) in [6.45, 7) is 2.71. The maximum Gasteiger partial charge on any atom is 0.401 e. The Hall–Kier alpha value is -1.14. The maximum absolute atomic E-state index is 12.5. The first-order chi connectivity index (χ1) is 8.35. The van der Waals surface area contributed by atoms with Gasteiger partial charge in [0.25, 0.3) is 0 Å². The van der Waals surface area contributed by atoms with Gasteiger partial charge in [-0.05, 0) is 25.1 Å². The summed E-state index contributed by atoms with van der Waals surface area (Å²) < 4.78 is 37.6. The summed E-state index contributed by atoms with van der Waals surface area (Å²) in [4.78, 5) is 5.26. The van der Waals surface area contributed by atoms with E-state index in [2.05, 4.69) is 4.98 Å². The second kappa shape index (κ2) is 6.15. The van der Waals surface area contributed by atoms with Crippen molar-refractivity contribution in [2.24, 2.45) is 5.73 Å². The summed E-state index contributed by atoms with van der Waals surface area (Å²) in [5.74, 6) is 0. The molecule has 2 atom stereocenters. The highest BCUT2D eigenvalue weighted by molar-refractivity contribution is 5.16. The third-order valence-electron chi connectivity index (χ3n) is 2.71. The Morgan fingerprint density at radius 3 is 2.50 bits per heavy atom. The molecule has 1 rings (SSSR count). The van der Waals surface area contributed by atoms with Crippen molar-refractivity contribution in [3.63, 3.8) is 0 Å². The van der Waals surface area contributed by atoms with E-state index in [1.54, 1.807) is 38.4 Å². The number of nitrogens with zero attached hydrogens (tertiary/aromatic N) is 2. The molecule has 3 nitrogen and oxygen atoms in total. The molecule has 0 spiro atoms. The zero-order valence-corrected chi connectivity index (χ0v) is 10.5. The van der Waals surface area contributed by atoms with Gasteiger partial charge in [-0.1, -0.05) is 13.0 Å². The molecule has 0 bridgehead atoms. The first kappa shape index (κ1) is 14.9. The van der Waals surface area contributed by atoms with E-state index in [0.29, 0.717) is 5.56 Å². The zero-order valence-electron chi connectivity index (χ0n) is 10.5. The molecule has 0 fully saturated rings. The SMILES string of the molecule is CCN(CC(F)(F)F)C(c1cccnc1)C(C)N. The van der Waals surface area contributed by atoms with Crippen molar-refractivity contribution in [3.05, 3.63) is 30.1 Å². The topological polar surface area (TPSA) is 42.2 Å². The molecule has 0 aliphatic rings. The van der Waals surface area contributed by atoms with Crippen molar-refractivity contribution in [2.45, 2.75) is 32.1 Å². The number of nitrogens with two attached hydrogens (primary N) is 1. The van der Waals surface area contributed by atoms with Crippen LogP contribution in [0.3, 0.4) is 0 Å². The molecule has 0 aliphatic carbocycles. The average molecular weight is 261 g/mol. The predicted octanol–water partition coefficient (Wildman–Crippen LogP) is 2.35. The van der Waals surface area contributed by atoms with Crippen molar-refractivity contribution in [1.29, 1.82) is 0 Å². The number of pyridine rings is 1. The van der Waals surface area contributed by atoms with Crippen LogP contribution in [0.1, 0.15) is 25.5 Å². The van der Waals surface area contributed by atoms with Gasteiger partial charge < -0.3 is 5.73 Å². The van der Waals surface area contributed by atoms with Gasteiger partial charge in [0.2, 0.25) is 0 Å². The van der Waals surface area contributed by atoms with Crippen molar-refractivity contribution in [1.82, 2.24) is 9.88 Å². The van der Waals surface area contributed by atoms with E-state index in [-0.39, 0.29) is 6.54 Å². The van der Waals surface area contributed by atoms with E-state index in [1.807, 2.05) is 0 Å². The van der Waals surface area contributed by atoms with Gasteiger partial charge in [0.05, 0.1) is 12.6 Å². The molecule has 0 amide bonds. The highest BCUT2D eigenvalue weighted by atomic mass is 19.4. The van der Waals surface area contributed by atoms with Crippen LogP contribution in [0.5, 0.6) is 0 Å². The Bertz CT molecular complexity index is 351. The van der Waals surface area contributed by atoms with Crippen molar-refractivity contribution in [3.8, 4) is 0 Å². The number of halogens is 3. The summed E-state index contributed by atoms with van der Waals surface area (Å²) in [5, 5.41) is 0. The standard InChI is InChI=1S/C12H18F3N3/c1-3-18(8-12(13,14)15)11(9(2)16)10-5-4-6-17-7-10/h4-7,9,11H,3,8,16H2,1-2H3. The quantitative estimate of drug-likeness (QED) is 0.884. The maximum atomic E-state index is 12.5. The van der Waals surface area contributed by atoms with E-state index in [1.165, 1.54) is 4.90 Å². The molecule has 0 aliphatic heterocycles. The summed E-state index contributed by atoms with van der Waals surface area (Å²) in [6.07, 6.45) is -1.08. The molecule has 0 saturated carbocycles. The first-order valence-electron chi connectivity index (χ1n) is 5.81. The molecule has 1 aromatic rings. The van der Waals surface area contributed by atoms with E-state index in [9.17, 15) is 13.2 Å². The minimum atomic E-state index is -4.23. The second-order valence-corrected chi connectivity index (χ2v) is 4.27. The summed E-state index contributed by atoms with van der Waals surface area (Å²) in [6, 6.07) is 2.56. The van der Waals surface area contributed by atoms with E-state index >= 15 is 0 Å². The van der Waals surface area contributed by atoms with Crippen LogP contribution in [0.2, 0.25) is 0 Å². The summed E-state index contributed by atoms with van der Waals surface area (Å²) in [7, 11) is 0. The predicted molar refractivity (Wildman–Crippen MR) is 63.9 cm³/mol. The molecule has 1 heterocycles. The molecule has 2 N–H and O–H groups in total. The lowest BCUT2D eigenvalue weighted by Crippen LogP contribution is -2.43. The van der Waals surface area contributed by atoms with Crippen molar-refractivity contribution >= 4 is 0 Å². The lowest BCUT2D eigenvalue weighted by atomic mass is 10.0. The number of hydrogen-bond donors (Lipinski definition) is 1. The van der Waals surface area contributed by atoms with Gasteiger partial charge in [-0.3, -0.25) is 9.88 Å². The molecular formula is C12H18F3N3. The molecule has 6 heteroatoms. The van der Waals surface area contributed by atoms with Crippen LogP contribution in [-0.4, -0.2) is 35.2 Å². The fraction of sp³-hybridized carbons (Fsp3) is 0.583. The van der Waals surface area contributed by atoms with Gasteiger partial charge in [0.1, 0.15) is 0 Å². The minimum absolute atomic E-state index is 0.278. The lowest BCUT2D eigenvalue weighted by molar-refractivity contribution is -0.151. The monoisotopic (exact) mass is 261 g/mol. The number of alkyl halides is 3. The molecule has 0 aromatic carbocycles. The fourth-order valence-electron chi connectivity index (χ4n) is 2.03. The van der Waals surface area contributed by atoms with Gasteiger partial charge in [0.15, 0.2) is 0 Å². The molecule has 1 aromatic heterocycles. The Labute approximate surface area is 105 Å². The number of aromatic nitrogens is 1. The third kappa shape index (κ3) is 4.27. The van der Waals surface area contributed by atoms with Crippen LogP contribution < -0.4 is 5.73 Å². The Morgan fingerprint density at radius 2 is 2.11 bits per heavy atom. The van der Waals surface area contributed by atoms with Gasteiger partial charge in [-0.15, -0.1) is 0 Å². The van der Waals surface area contributed by atoms with Gasteiger partial charge >= 0.3 is 6.18 Å². The normalized spacial score (nSPS) is 15.7. The van der Waals surface area contributed by atoms with Crippen LogP contribution in [0.4, 0.5) is 13.2 Å². The van der Waals surface area contributed by atoms with E-state index < -0.39 is 24.8 Å². The highest BCUT2D eigenvalue weighted by Gasteiger charge is 2.34. The molecule has 18 heavy (non-hydrogen) atoms. The Morgan fingerprint density at radius 1 is 1.44 bits per heavy atom. The van der Waals surface area contributed by atoms with Crippen LogP contribution in [0.25, 0.3) is 0 Å². The molecule has 102 valence electrons. The van der Waals surface area contributed by atoms with Crippen LogP contribution in [0, 0.1) is 0 Å². The summed E-state index contributed by atoms with van der Waals surface area (Å²) in [5.41, 5.74) is 6.53. The number of rotatable bonds is 5. The van der Waals surface area contributed by atoms with Gasteiger partial charge in [-0.25, -0.2) is 0 Å². The number of hydrogen-bond acceptors (Lipinski definition) is 3.